The quantitative estimate of drug-likeness (QED) is 0.778. The van der Waals surface area contributed by atoms with Crippen LogP contribution in [0.15, 0.2) is 18.2 Å². The Balaban J connectivity index is 2.38. The molecule has 1 rings (SSSR count). The molecule has 90 valence electrons. The summed E-state index contributed by atoms with van der Waals surface area (Å²) in [6.07, 6.45) is 1.48. The topological polar surface area (TPSA) is 12.0 Å². The van der Waals surface area contributed by atoms with E-state index < -0.39 is 11.6 Å². The molecule has 1 aromatic carbocycles. The Kier molecular flexibility index (Phi) is 4.42. The summed E-state index contributed by atoms with van der Waals surface area (Å²) in [4.78, 5) is 0. The Morgan fingerprint density at radius 3 is 2.44 bits per heavy atom. The molecule has 0 heterocycles. The number of hydrogen-bond donors (Lipinski definition) is 1. The zero-order valence-electron chi connectivity index (χ0n) is 10.1. The van der Waals surface area contributed by atoms with E-state index in [1.807, 2.05) is 0 Å². The number of rotatable bonds is 4. The normalized spacial score (nSPS) is 11.8. The zero-order chi connectivity index (χ0) is 12.2. The lowest BCUT2D eigenvalue weighted by atomic mass is 10.1. The van der Waals surface area contributed by atoms with E-state index in [1.54, 1.807) is 0 Å². The van der Waals surface area contributed by atoms with E-state index in [-0.39, 0.29) is 5.54 Å². The largest absolute Gasteiger partial charge is 0.312 e. The number of hydrogen-bond acceptors (Lipinski definition) is 1. The second-order valence-electron chi connectivity index (χ2n) is 5.02. The third-order valence-corrected chi connectivity index (χ3v) is 2.29. The second kappa shape index (κ2) is 5.39. The van der Waals surface area contributed by atoms with Crippen LogP contribution in [0.3, 0.4) is 0 Å². The van der Waals surface area contributed by atoms with Crippen molar-refractivity contribution in [3.63, 3.8) is 0 Å². The fraction of sp³-hybridized carbons (Fsp3) is 0.538. The maximum Gasteiger partial charge on any atom is 0.129 e. The fourth-order valence-corrected chi connectivity index (χ4v) is 1.47. The van der Waals surface area contributed by atoms with Crippen LogP contribution >= 0.6 is 0 Å². The van der Waals surface area contributed by atoms with Gasteiger partial charge in [0.15, 0.2) is 0 Å². The van der Waals surface area contributed by atoms with Gasteiger partial charge >= 0.3 is 0 Å². The van der Waals surface area contributed by atoms with E-state index in [4.69, 9.17) is 0 Å². The Labute approximate surface area is 95.9 Å². The summed E-state index contributed by atoms with van der Waals surface area (Å²) in [6, 6.07) is 3.75. The van der Waals surface area contributed by atoms with Gasteiger partial charge in [-0.05, 0) is 51.8 Å². The van der Waals surface area contributed by atoms with Crippen molar-refractivity contribution in [2.45, 2.75) is 39.2 Å². The predicted molar refractivity (Wildman–Crippen MR) is 62.4 cm³/mol. The molecule has 0 aromatic heterocycles. The molecule has 0 amide bonds. The molecule has 1 aromatic rings. The van der Waals surface area contributed by atoms with Gasteiger partial charge in [-0.1, -0.05) is 6.07 Å². The van der Waals surface area contributed by atoms with Gasteiger partial charge in [0.05, 0.1) is 0 Å². The summed E-state index contributed by atoms with van der Waals surface area (Å²) >= 11 is 0. The van der Waals surface area contributed by atoms with Gasteiger partial charge in [0, 0.05) is 11.6 Å². The Hall–Kier alpha value is -0.960. The summed E-state index contributed by atoms with van der Waals surface area (Å²) in [7, 11) is 0. The van der Waals surface area contributed by atoms with Crippen molar-refractivity contribution in [2.24, 2.45) is 0 Å². The smallest absolute Gasteiger partial charge is 0.129 e. The summed E-state index contributed by atoms with van der Waals surface area (Å²) < 4.78 is 25.9. The highest BCUT2D eigenvalue weighted by Crippen LogP contribution is 2.11. The van der Waals surface area contributed by atoms with Gasteiger partial charge in [0.2, 0.25) is 0 Å². The summed E-state index contributed by atoms with van der Waals surface area (Å²) in [5.74, 6) is -0.968. The zero-order valence-corrected chi connectivity index (χ0v) is 10.1. The van der Waals surface area contributed by atoms with E-state index >= 15 is 0 Å². The molecule has 1 nitrogen and oxygen atoms in total. The maximum absolute atomic E-state index is 13.3. The molecule has 0 aliphatic heterocycles. The van der Waals surface area contributed by atoms with Crippen molar-refractivity contribution in [1.29, 1.82) is 0 Å². The van der Waals surface area contributed by atoms with E-state index in [0.717, 1.165) is 19.0 Å². The average Bonchev–Trinajstić information content (AvgIpc) is 2.13. The summed E-state index contributed by atoms with van der Waals surface area (Å²) in [5, 5.41) is 3.33. The van der Waals surface area contributed by atoms with Crippen LogP contribution in [-0.4, -0.2) is 12.1 Å². The third kappa shape index (κ3) is 4.71. The van der Waals surface area contributed by atoms with E-state index in [0.29, 0.717) is 12.0 Å². The van der Waals surface area contributed by atoms with Crippen LogP contribution in [0.5, 0.6) is 0 Å². The van der Waals surface area contributed by atoms with E-state index in [9.17, 15) is 8.78 Å². The van der Waals surface area contributed by atoms with Gasteiger partial charge in [0.1, 0.15) is 11.6 Å². The average molecular weight is 227 g/mol. The Morgan fingerprint density at radius 1 is 1.19 bits per heavy atom. The molecule has 0 unspecified atom stereocenters. The molecule has 3 heteroatoms. The fourth-order valence-electron chi connectivity index (χ4n) is 1.47. The van der Waals surface area contributed by atoms with Crippen molar-refractivity contribution in [3.05, 3.63) is 35.4 Å². The number of halogens is 2. The first kappa shape index (κ1) is 13.1. The Bertz CT molecular complexity index is 342. The van der Waals surface area contributed by atoms with Crippen molar-refractivity contribution >= 4 is 0 Å². The lowest BCUT2D eigenvalue weighted by Gasteiger charge is -2.20. The SMILES string of the molecule is CC(C)(C)NCCCc1ccc(F)cc1F. The third-order valence-electron chi connectivity index (χ3n) is 2.29. The van der Waals surface area contributed by atoms with Crippen LogP contribution < -0.4 is 5.32 Å². The molecule has 0 aliphatic rings. The second-order valence-corrected chi connectivity index (χ2v) is 5.02. The van der Waals surface area contributed by atoms with Crippen LogP contribution in [0.2, 0.25) is 0 Å². The number of nitrogens with one attached hydrogen (secondary N) is 1. The minimum atomic E-state index is -0.519. The van der Waals surface area contributed by atoms with Gasteiger partial charge in [-0.25, -0.2) is 8.78 Å². The molecule has 0 spiro atoms. The van der Waals surface area contributed by atoms with Crippen molar-refractivity contribution < 1.29 is 8.78 Å². The first-order valence-electron chi connectivity index (χ1n) is 5.57. The van der Waals surface area contributed by atoms with Crippen molar-refractivity contribution in [2.75, 3.05) is 6.54 Å². The molecule has 0 atom stereocenters. The molecule has 0 radical (unpaired) electrons. The van der Waals surface area contributed by atoms with E-state index in [2.05, 4.69) is 26.1 Å². The highest BCUT2D eigenvalue weighted by molar-refractivity contribution is 5.18. The summed E-state index contributed by atoms with van der Waals surface area (Å²) in [6.45, 7) is 7.10. The van der Waals surface area contributed by atoms with Gasteiger partial charge in [-0.15, -0.1) is 0 Å². The standard InChI is InChI=1S/C13H19F2N/c1-13(2,3)16-8-4-5-10-6-7-11(14)9-12(10)15/h6-7,9,16H,4-5,8H2,1-3H3. The molecule has 1 N–H and O–H groups in total. The van der Waals surface area contributed by atoms with Gasteiger partial charge in [0.25, 0.3) is 0 Å². The molecule has 0 saturated carbocycles. The molecular formula is C13H19F2N. The van der Waals surface area contributed by atoms with Crippen LogP contribution in [0.25, 0.3) is 0 Å². The van der Waals surface area contributed by atoms with Crippen LogP contribution in [0, 0.1) is 11.6 Å². The lowest BCUT2D eigenvalue weighted by Crippen LogP contribution is -2.36. The highest BCUT2D eigenvalue weighted by Gasteiger charge is 2.08. The van der Waals surface area contributed by atoms with E-state index in [1.165, 1.54) is 12.1 Å². The molecule has 0 aliphatic carbocycles. The van der Waals surface area contributed by atoms with Crippen LogP contribution in [-0.2, 0) is 6.42 Å². The molecule has 0 fully saturated rings. The van der Waals surface area contributed by atoms with Crippen molar-refractivity contribution in [1.82, 2.24) is 5.32 Å². The minimum absolute atomic E-state index is 0.0847. The summed E-state index contributed by atoms with van der Waals surface area (Å²) in [5.41, 5.74) is 0.665. The van der Waals surface area contributed by atoms with Crippen LogP contribution in [0.4, 0.5) is 8.78 Å². The molecule has 0 bridgehead atoms. The first-order chi connectivity index (χ1) is 7.38. The van der Waals surface area contributed by atoms with Gasteiger partial charge in [-0.2, -0.15) is 0 Å². The van der Waals surface area contributed by atoms with Crippen molar-refractivity contribution in [3.8, 4) is 0 Å². The van der Waals surface area contributed by atoms with Gasteiger partial charge in [-0.3, -0.25) is 0 Å². The number of benzene rings is 1. The number of aryl methyl sites for hydroxylation is 1. The highest BCUT2D eigenvalue weighted by atomic mass is 19.1. The van der Waals surface area contributed by atoms with Gasteiger partial charge < -0.3 is 5.32 Å². The maximum atomic E-state index is 13.3. The predicted octanol–water partition coefficient (Wildman–Crippen LogP) is 3.29. The Morgan fingerprint density at radius 2 is 1.88 bits per heavy atom. The molecule has 0 saturated heterocycles. The minimum Gasteiger partial charge on any atom is -0.312 e. The lowest BCUT2D eigenvalue weighted by molar-refractivity contribution is 0.421. The van der Waals surface area contributed by atoms with Crippen LogP contribution in [0.1, 0.15) is 32.8 Å². The monoisotopic (exact) mass is 227 g/mol. The molecular weight excluding hydrogens is 208 g/mol. The first-order valence-corrected chi connectivity index (χ1v) is 5.57. The molecule has 16 heavy (non-hydrogen) atoms.